The first-order valence-corrected chi connectivity index (χ1v) is 11.5. The number of nitrogens with zero attached hydrogens (tertiary/aromatic N) is 4. The zero-order valence-corrected chi connectivity index (χ0v) is 20.1. The minimum absolute atomic E-state index is 0.0860. The molecule has 9 heteroatoms. The molecule has 0 aliphatic carbocycles. The Labute approximate surface area is 208 Å². The zero-order chi connectivity index (χ0) is 24.1. The molecule has 0 saturated carbocycles. The van der Waals surface area contributed by atoms with Crippen LogP contribution in [0.1, 0.15) is 16.8 Å². The van der Waals surface area contributed by atoms with Crippen molar-refractivity contribution < 1.29 is 9.53 Å². The molecule has 1 aromatic heterocycles. The van der Waals surface area contributed by atoms with Gasteiger partial charge in [-0.05, 0) is 36.8 Å². The predicted molar refractivity (Wildman–Crippen MR) is 134 cm³/mol. The lowest BCUT2D eigenvalue weighted by atomic mass is 10.1. The van der Waals surface area contributed by atoms with Gasteiger partial charge in [-0.25, -0.2) is 4.68 Å². The van der Waals surface area contributed by atoms with Crippen LogP contribution in [0.25, 0.3) is 6.08 Å². The predicted octanol–water partition coefficient (Wildman–Crippen LogP) is 4.93. The van der Waals surface area contributed by atoms with Crippen molar-refractivity contribution in [2.24, 2.45) is 0 Å². The summed E-state index contributed by atoms with van der Waals surface area (Å²) in [4.78, 5) is 15.2. The van der Waals surface area contributed by atoms with Crippen LogP contribution >= 0.6 is 23.2 Å². The Morgan fingerprint density at radius 2 is 1.94 bits per heavy atom. The highest BCUT2D eigenvalue weighted by atomic mass is 35.5. The van der Waals surface area contributed by atoms with Crippen molar-refractivity contribution in [3.8, 4) is 6.07 Å². The smallest absolute Gasteiger partial charge is 0.266 e. The summed E-state index contributed by atoms with van der Waals surface area (Å²) in [5, 5.41) is 17.9. The fraction of sp³-hybridized carbons (Fsp3) is 0.240. The maximum Gasteiger partial charge on any atom is 0.266 e. The van der Waals surface area contributed by atoms with E-state index in [1.807, 2.05) is 42.5 Å². The SMILES string of the molecule is Cc1nn(Cc2ccccc2)c(Cl)c1/C=C(\C#N)C(=O)Nc1cc(Cl)ccc1N1CCOCC1. The monoisotopic (exact) mass is 495 g/mol. The summed E-state index contributed by atoms with van der Waals surface area (Å²) in [5.41, 5.74) is 3.46. The van der Waals surface area contributed by atoms with Crippen LogP contribution in [0.2, 0.25) is 10.2 Å². The first-order valence-electron chi connectivity index (χ1n) is 10.8. The van der Waals surface area contributed by atoms with Gasteiger partial charge in [-0.15, -0.1) is 0 Å². The van der Waals surface area contributed by atoms with Crippen molar-refractivity contribution in [3.63, 3.8) is 0 Å². The number of halogens is 2. The van der Waals surface area contributed by atoms with Gasteiger partial charge < -0.3 is 15.0 Å². The largest absolute Gasteiger partial charge is 0.378 e. The molecule has 1 saturated heterocycles. The van der Waals surface area contributed by atoms with Gasteiger partial charge in [0, 0.05) is 23.7 Å². The number of ether oxygens (including phenoxy) is 1. The van der Waals surface area contributed by atoms with Crippen LogP contribution in [0.3, 0.4) is 0 Å². The molecule has 1 amide bonds. The average molecular weight is 496 g/mol. The second-order valence-corrected chi connectivity index (χ2v) is 8.61. The molecule has 0 atom stereocenters. The summed E-state index contributed by atoms with van der Waals surface area (Å²) >= 11 is 12.8. The Balaban J connectivity index is 1.59. The standard InChI is InChI=1S/C25H23Cl2N5O2/c1-17-21(24(27)32(30-17)16-18-5-3-2-4-6-18)13-19(15-28)25(33)29-22-14-20(26)7-8-23(22)31-9-11-34-12-10-31/h2-8,13-14H,9-12,16H2,1H3,(H,29,33)/b19-13+. The molecular weight excluding hydrogens is 473 g/mol. The van der Waals surface area contributed by atoms with Gasteiger partial charge in [-0.1, -0.05) is 53.5 Å². The van der Waals surface area contributed by atoms with Crippen molar-refractivity contribution in [1.82, 2.24) is 9.78 Å². The molecule has 1 fully saturated rings. The Morgan fingerprint density at radius 3 is 2.65 bits per heavy atom. The fourth-order valence-corrected chi connectivity index (χ4v) is 4.22. The third kappa shape index (κ3) is 5.42. The summed E-state index contributed by atoms with van der Waals surface area (Å²) in [6.07, 6.45) is 1.47. The van der Waals surface area contributed by atoms with Crippen molar-refractivity contribution in [2.75, 3.05) is 36.5 Å². The molecular formula is C25H23Cl2N5O2. The van der Waals surface area contributed by atoms with Crippen LogP contribution in [0, 0.1) is 18.3 Å². The van der Waals surface area contributed by atoms with E-state index in [2.05, 4.69) is 15.3 Å². The molecule has 1 aliphatic heterocycles. The van der Waals surface area contributed by atoms with Gasteiger partial charge in [0.05, 0.1) is 36.8 Å². The van der Waals surface area contributed by atoms with Crippen molar-refractivity contribution in [1.29, 1.82) is 5.26 Å². The molecule has 4 rings (SSSR count). The molecule has 0 radical (unpaired) electrons. The number of nitriles is 1. The third-order valence-electron chi connectivity index (χ3n) is 5.50. The van der Waals surface area contributed by atoms with Crippen molar-refractivity contribution in [2.45, 2.75) is 13.5 Å². The number of carbonyl (C=O) groups excluding carboxylic acids is 1. The summed E-state index contributed by atoms with van der Waals surface area (Å²) in [6, 6.07) is 17.1. The zero-order valence-electron chi connectivity index (χ0n) is 18.6. The van der Waals surface area contributed by atoms with E-state index in [4.69, 9.17) is 27.9 Å². The van der Waals surface area contributed by atoms with E-state index >= 15 is 0 Å². The molecule has 34 heavy (non-hydrogen) atoms. The minimum atomic E-state index is -0.550. The number of hydrogen-bond donors (Lipinski definition) is 1. The molecule has 2 aromatic carbocycles. The average Bonchev–Trinajstić information content (AvgIpc) is 3.10. The van der Waals surface area contributed by atoms with E-state index in [0.29, 0.717) is 60.0 Å². The van der Waals surface area contributed by atoms with Gasteiger partial charge >= 0.3 is 0 Å². The Morgan fingerprint density at radius 1 is 1.21 bits per heavy atom. The normalized spacial score (nSPS) is 14.1. The van der Waals surface area contributed by atoms with Gasteiger partial charge in [0.15, 0.2) is 0 Å². The molecule has 0 spiro atoms. The van der Waals surface area contributed by atoms with Gasteiger partial charge in [-0.3, -0.25) is 4.79 Å². The number of nitrogens with one attached hydrogen (secondary N) is 1. The first kappa shape index (κ1) is 23.8. The maximum atomic E-state index is 13.1. The van der Waals surface area contributed by atoms with E-state index in [9.17, 15) is 10.1 Å². The molecule has 3 aromatic rings. The number of aromatic nitrogens is 2. The maximum absolute atomic E-state index is 13.1. The number of aryl methyl sites for hydroxylation is 1. The van der Waals surface area contributed by atoms with E-state index in [0.717, 1.165) is 11.3 Å². The highest BCUT2D eigenvalue weighted by molar-refractivity contribution is 6.32. The van der Waals surface area contributed by atoms with E-state index in [1.54, 1.807) is 23.7 Å². The van der Waals surface area contributed by atoms with Crippen molar-refractivity contribution in [3.05, 3.63) is 81.1 Å². The lowest BCUT2D eigenvalue weighted by Gasteiger charge is -2.30. The van der Waals surface area contributed by atoms with Gasteiger partial charge in [0.1, 0.15) is 16.8 Å². The molecule has 174 valence electrons. The molecule has 2 heterocycles. The highest BCUT2D eigenvalue weighted by Gasteiger charge is 2.20. The Bertz CT molecular complexity index is 1260. The van der Waals surface area contributed by atoms with Crippen LogP contribution in [0.4, 0.5) is 11.4 Å². The molecule has 1 N–H and O–H groups in total. The fourth-order valence-electron chi connectivity index (χ4n) is 3.76. The van der Waals surface area contributed by atoms with E-state index < -0.39 is 5.91 Å². The number of anilines is 2. The summed E-state index contributed by atoms with van der Waals surface area (Å²) in [7, 11) is 0. The molecule has 0 bridgehead atoms. The first-order chi connectivity index (χ1) is 16.5. The van der Waals surface area contributed by atoms with Gasteiger partial charge in [0.2, 0.25) is 0 Å². The number of hydrogen-bond acceptors (Lipinski definition) is 5. The second kappa shape index (κ2) is 10.7. The number of carbonyl (C=O) groups is 1. The van der Waals surface area contributed by atoms with Crippen molar-refractivity contribution >= 4 is 46.6 Å². The van der Waals surface area contributed by atoms with Crippen LogP contribution in [0.5, 0.6) is 0 Å². The van der Waals surface area contributed by atoms with E-state index in [-0.39, 0.29) is 5.57 Å². The van der Waals surface area contributed by atoms with E-state index in [1.165, 1.54) is 6.08 Å². The van der Waals surface area contributed by atoms with Gasteiger partial charge in [-0.2, -0.15) is 10.4 Å². The summed E-state index contributed by atoms with van der Waals surface area (Å²) < 4.78 is 7.07. The molecule has 7 nitrogen and oxygen atoms in total. The quantitative estimate of drug-likeness (QED) is 0.387. The van der Waals surface area contributed by atoms with Gasteiger partial charge in [0.25, 0.3) is 5.91 Å². The topological polar surface area (TPSA) is 83.2 Å². The lowest BCUT2D eigenvalue weighted by molar-refractivity contribution is -0.112. The third-order valence-corrected chi connectivity index (χ3v) is 6.13. The second-order valence-electron chi connectivity index (χ2n) is 7.82. The molecule has 1 aliphatic rings. The molecule has 0 unspecified atom stereocenters. The number of benzene rings is 2. The Hall–Kier alpha value is -3.31. The van der Waals surface area contributed by atoms with Crippen LogP contribution in [0.15, 0.2) is 54.1 Å². The van der Waals surface area contributed by atoms with Crippen LogP contribution < -0.4 is 10.2 Å². The minimum Gasteiger partial charge on any atom is -0.378 e. The number of amides is 1. The lowest BCUT2D eigenvalue weighted by Crippen LogP contribution is -2.36. The summed E-state index contributed by atoms with van der Waals surface area (Å²) in [6.45, 7) is 4.86. The van der Waals surface area contributed by atoms with Crippen LogP contribution in [-0.2, 0) is 16.1 Å². The van der Waals surface area contributed by atoms with Crippen LogP contribution in [-0.4, -0.2) is 42.0 Å². The highest BCUT2D eigenvalue weighted by Crippen LogP contribution is 2.31. The summed E-state index contributed by atoms with van der Waals surface area (Å²) in [5.74, 6) is -0.550. The number of rotatable bonds is 6. The Kier molecular flexibility index (Phi) is 7.53. The number of morpholine rings is 1.